The Balaban J connectivity index is 0.000000158. The van der Waals surface area contributed by atoms with E-state index in [1.807, 2.05) is 24.3 Å². The van der Waals surface area contributed by atoms with E-state index in [1.54, 1.807) is 14.2 Å². The molecular weight excluding hydrogens is 574 g/mol. The van der Waals surface area contributed by atoms with Crippen LogP contribution in [0, 0.1) is 11.8 Å². The van der Waals surface area contributed by atoms with Crippen molar-refractivity contribution in [2.45, 2.75) is 74.5 Å². The van der Waals surface area contributed by atoms with Gasteiger partial charge in [0, 0.05) is 50.2 Å². The molecule has 2 aromatic carbocycles. The first-order valence-corrected chi connectivity index (χ1v) is 15.7. The first kappa shape index (κ1) is 29.9. The van der Waals surface area contributed by atoms with E-state index in [9.17, 15) is 0 Å². The first-order chi connectivity index (χ1) is 18.8. The molecule has 4 nitrogen and oxygen atoms in total. The van der Waals surface area contributed by atoms with Gasteiger partial charge in [-0.05, 0) is 92.8 Å². The van der Waals surface area contributed by atoms with E-state index in [4.69, 9.17) is 55.9 Å². The van der Waals surface area contributed by atoms with Crippen LogP contribution in [0.15, 0.2) is 36.4 Å². The van der Waals surface area contributed by atoms with Crippen LogP contribution in [0.5, 0.6) is 0 Å². The van der Waals surface area contributed by atoms with Crippen LogP contribution in [0.4, 0.5) is 0 Å². The Kier molecular flexibility index (Phi) is 10.1. The van der Waals surface area contributed by atoms with Crippen LogP contribution in [-0.4, -0.2) is 63.5 Å². The number of ether oxygens (including phenoxy) is 2. The van der Waals surface area contributed by atoms with Crippen molar-refractivity contribution < 1.29 is 9.47 Å². The van der Waals surface area contributed by atoms with Crippen molar-refractivity contribution in [2.24, 2.45) is 11.8 Å². The van der Waals surface area contributed by atoms with Crippen molar-refractivity contribution in [3.8, 4) is 0 Å². The van der Waals surface area contributed by atoms with Gasteiger partial charge >= 0.3 is 0 Å². The highest BCUT2D eigenvalue weighted by Gasteiger charge is 2.46. The molecule has 8 atom stereocenters. The highest BCUT2D eigenvalue weighted by molar-refractivity contribution is 6.42. The molecule has 0 radical (unpaired) electrons. The van der Waals surface area contributed by atoms with Crippen molar-refractivity contribution in [1.29, 1.82) is 0 Å². The largest absolute Gasteiger partial charge is 0.384 e. The lowest BCUT2D eigenvalue weighted by Gasteiger charge is -2.43. The van der Waals surface area contributed by atoms with Crippen LogP contribution in [0.25, 0.3) is 0 Å². The molecule has 0 saturated carbocycles. The van der Waals surface area contributed by atoms with E-state index in [0.717, 1.165) is 13.2 Å². The van der Waals surface area contributed by atoms with E-state index in [0.29, 0.717) is 67.9 Å². The van der Waals surface area contributed by atoms with Crippen molar-refractivity contribution in [3.63, 3.8) is 0 Å². The fourth-order valence-electron chi connectivity index (χ4n) is 7.81. The molecule has 4 saturated heterocycles. The average Bonchev–Trinajstić information content (AvgIpc) is 3.42. The summed E-state index contributed by atoms with van der Waals surface area (Å²) in [7, 11) is 5.84. The monoisotopic (exact) mass is 612 g/mol. The van der Waals surface area contributed by atoms with Gasteiger partial charge in [-0.15, -0.1) is 0 Å². The summed E-state index contributed by atoms with van der Waals surface area (Å²) in [5, 5.41) is 6.29. The molecule has 4 aliphatic heterocycles. The van der Waals surface area contributed by atoms with Gasteiger partial charge in [0.2, 0.25) is 0 Å². The summed E-state index contributed by atoms with van der Waals surface area (Å²) in [6.07, 6.45) is 7.49. The summed E-state index contributed by atoms with van der Waals surface area (Å²) in [4.78, 5) is 2.55. The molecule has 0 aromatic heterocycles. The van der Waals surface area contributed by atoms with Crippen LogP contribution < -0.4 is 5.32 Å². The van der Waals surface area contributed by atoms with Gasteiger partial charge in [0.1, 0.15) is 0 Å². The highest BCUT2D eigenvalue weighted by Crippen LogP contribution is 2.47. The topological polar surface area (TPSA) is 33.7 Å². The number of nitrogens with one attached hydrogen (secondary N) is 1. The standard InChI is InChI=1S/C16H21Cl2NO.C15H19Cl2NO/c1-19-11-4-6-16(19)13(9-20-2)12(8-11)10-3-5-14(17)15(18)7-10;1-19-8-12-11(7-10-3-5-15(12)18-10)9-2-4-13(16)14(17)6-9/h3,5,7,11-13,16H,4,6,8-9H2,1-2H3;2,4,6,10-12,15,18H,3,5,7-8H2,1H3/t11?,12-,13-,16?;10?,11-,12-,15?/m11/s1. The predicted octanol–water partition coefficient (Wildman–Crippen LogP) is 8.07. The summed E-state index contributed by atoms with van der Waals surface area (Å²) >= 11 is 24.4. The third-order valence-electron chi connectivity index (χ3n) is 9.74. The zero-order valence-electron chi connectivity index (χ0n) is 23.0. The Morgan fingerprint density at radius 1 is 0.744 bits per heavy atom. The lowest BCUT2D eigenvalue weighted by atomic mass is 9.76. The van der Waals surface area contributed by atoms with E-state index in [1.165, 1.54) is 49.7 Å². The molecule has 4 fully saturated rings. The van der Waals surface area contributed by atoms with Gasteiger partial charge in [-0.25, -0.2) is 0 Å². The van der Waals surface area contributed by atoms with Gasteiger partial charge in [0.25, 0.3) is 0 Å². The van der Waals surface area contributed by atoms with Crippen molar-refractivity contribution in [1.82, 2.24) is 10.2 Å². The summed E-state index contributed by atoms with van der Waals surface area (Å²) in [6, 6.07) is 14.7. The number of fused-ring (bicyclic) bond motifs is 4. The Morgan fingerprint density at radius 3 is 1.92 bits per heavy atom. The third kappa shape index (κ3) is 6.44. The highest BCUT2D eigenvalue weighted by atomic mass is 35.5. The van der Waals surface area contributed by atoms with Crippen LogP contribution in [-0.2, 0) is 9.47 Å². The van der Waals surface area contributed by atoms with E-state index < -0.39 is 0 Å². The normalized spacial score (nSPS) is 33.6. The number of hydrogen-bond acceptors (Lipinski definition) is 4. The Hall–Kier alpha value is -0.560. The summed E-state index contributed by atoms with van der Waals surface area (Å²) in [5.41, 5.74) is 2.61. The van der Waals surface area contributed by atoms with Gasteiger partial charge in [-0.1, -0.05) is 58.5 Å². The maximum absolute atomic E-state index is 6.20. The van der Waals surface area contributed by atoms with Crippen LogP contribution in [0.2, 0.25) is 20.1 Å². The zero-order chi connectivity index (χ0) is 27.7. The zero-order valence-corrected chi connectivity index (χ0v) is 26.0. The second-order valence-corrected chi connectivity index (χ2v) is 13.4. The molecule has 4 heterocycles. The third-order valence-corrected chi connectivity index (χ3v) is 11.2. The number of benzene rings is 2. The molecule has 2 aromatic rings. The fraction of sp³-hybridized carbons (Fsp3) is 0.613. The maximum Gasteiger partial charge on any atom is 0.0595 e. The molecule has 6 rings (SSSR count). The molecule has 4 aliphatic rings. The average molecular weight is 614 g/mol. The second-order valence-electron chi connectivity index (χ2n) is 11.8. The molecule has 4 unspecified atom stereocenters. The Bertz CT molecular complexity index is 1130. The SMILES string of the molecule is COC[C@H]1C2CCC(C[C@@H]1c1ccc(Cl)c(Cl)c1)N2.COC[C@H]1C2CCC(C[C@@H]1c1ccc(Cl)c(Cl)c1)N2C. The molecule has 0 aliphatic carbocycles. The molecule has 0 amide bonds. The van der Waals surface area contributed by atoms with Crippen LogP contribution >= 0.6 is 46.4 Å². The van der Waals surface area contributed by atoms with E-state index >= 15 is 0 Å². The second kappa shape index (κ2) is 13.2. The number of hydrogen-bond donors (Lipinski definition) is 1. The summed E-state index contributed by atoms with van der Waals surface area (Å²) < 4.78 is 10.9. The van der Waals surface area contributed by atoms with Crippen molar-refractivity contribution in [3.05, 3.63) is 67.6 Å². The Labute approximate surface area is 253 Å². The van der Waals surface area contributed by atoms with Crippen LogP contribution in [0.3, 0.4) is 0 Å². The van der Waals surface area contributed by atoms with E-state index in [2.05, 4.69) is 29.4 Å². The van der Waals surface area contributed by atoms with Crippen molar-refractivity contribution in [2.75, 3.05) is 34.5 Å². The minimum atomic E-state index is 0.522. The van der Waals surface area contributed by atoms with Gasteiger partial charge < -0.3 is 19.7 Å². The number of halogens is 4. The molecular formula is C31H40Cl4N2O2. The van der Waals surface area contributed by atoms with E-state index in [-0.39, 0.29) is 0 Å². The van der Waals surface area contributed by atoms with Gasteiger partial charge in [-0.2, -0.15) is 0 Å². The molecule has 1 N–H and O–H groups in total. The molecule has 4 bridgehead atoms. The van der Waals surface area contributed by atoms with Gasteiger partial charge in [0.15, 0.2) is 0 Å². The minimum absolute atomic E-state index is 0.522. The van der Waals surface area contributed by atoms with Crippen molar-refractivity contribution >= 4 is 46.4 Å². The van der Waals surface area contributed by atoms with Crippen LogP contribution in [0.1, 0.15) is 61.5 Å². The number of nitrogens with zero attached hydrogens (tertiary/aromatic N) is 1. The quantitative estimate of drug-likeness (QED) is 0.357. The molecule has 214 valence electrons. The molecule has 39 heavy (non-hydrogen) atoms. The van der Waals surface area contributed by atoms with Gasteiger partial charge in [-0.3, -0.25) is 0 Å². The predicted molar refractivity (Wildman–Crippen MR) is 163 cm³/mol. The maximum atomic E-state index is 6.20. The number of piperidine rings is 2. The number of methoxy groups -OCH3 is 2. The Morgan fingerprint density at radius 2 is 1.33 bits per heavy atom. The van der Waals surface area contributed by atoms with Gasteiger partial charge in [0.05, 0.1) is 33.3 Å². The lowest BCUT2D eigenvalue weighted by Crippen LogP contribution is -2.47. The summed E-state index contributed by atoms with van der Waals surface area (Å²) in [5.74, 6) is 2.12. The summed E-state index contributed by atoms with van der Waals surface area (Å²) in [6.45, 7) is 1.61. The molecule has 8 heteroatoms. The lowest BCUT2D eigenvalue weighted by molar-refractivity contribution is 0.0405. The minimum Gasteiger partial charge on any atom is -0.384 e. The smallest absolute Gasteiger partial charge is 0.0595 e. The number of rotatable bonds is 6. The first-order valence-electron chi connectivity index (χ1n) is 14.2. The fourth-order valence-corrected chi connectivity index (χ4v) is 8.42. The molecule has 0 spiro atoms.